The molecular weight excluding hydrogens is 990 g/mol. The molecule has 0 heterocycles. The third kappa shape index (κ3) is 62.4. The fraction of sp³-hybridized carbons (Fsp3) is 0.765. The van der Waals surface area contributed by atoms with Crippen LogP contribution in [0.5, 0.6) is 0 Å². The van der Waals surface area contributed by atoms with Gasteiger partial charge in [-0.1, -0.05) is 272 Å². The van der Waals surface area contributed by atoms with Crippen molar-refractivity contribution in [2.24, 2.45) is 0 Å². The smallest absolute Gasteiger partial charge is 0.306 e. The summed E-state index contributed by atoms with van der Waals surface area (Å²) in [7, 11) is 1.16. The topological polar surface area (TPSA) is 111 Å². The molecule has 0 aliphatic rings. The van der Waals surface area contributed by atoms with Crippen molar-refractivity contribution in [1.82, 2.24) is 0 Å². The molecule has 0 aliphatic carbocycles. The number of allylic oxidation sites excluding steroid dienone is 14. The molecule has 2 unspecified atom stereocenters. The van der Waals surface area contributed by atoms with Crippen LogP contribution in [0.4, 0.5) is 0 Å². The average molecular weight is 1110 g/mol. The molecule has 0 saturated heterocycles. The zero-order valence-corrected chi connectivity index (χ0v) is 52.2. The first-order valence-corrected chi connectivity index (χ1v) is 33.8. The van der Waals surface area contributed by atoms with Crippen molar-refractivity contribution >= 4 is 19.8 Å². The Bertz CT molecular complexity index is 1590. The predicted octanol–water partition coefficient (Wildman–Crippen LogP) is 20.0. The number of esters is 2. The quantitative estimate of drug-likeness (QED) is 0.0195. The maximum atomic E-state index is 12.8. The van der Waals surface area contributed by atoms with Gasteiger partial charge in [0.1, 0.15) is 19.8 Å². The van der Waals surface area contributed by atoms with Gasteiger partial charge in [0.2, 0.25) is 0 Å². The molecule has 0 aromatic rings. The highest BCUT2D eigenvalue weighted by atomic mass is 31.2. The highest BCUT2D eigenvalue weighted by molar-refractivity contribution is 7.45. The second-order valence-corrected chi connectivity index (χ2v) is 24.2. The average Bonchev–Trinajstić information content (AvgIpc) is 3.40. The number of carbonyl (C=O) groups excluding carboxylic acids is 2. The fourth-order valence-corrected chi connectivity index (χ4v) is 9.69. The van der Waals surface area contributed by atoms with Crippen LogP contribution >= 0.6 is 7.82 Å². The Hall–Kier alpha value is -2.81. The molecule has 0 spiro atoms. The molecule has 2 atom stereocenters. The second-order valence-electron chi connectivity index (χ2n) is 22.7. The van der Waals surface area contributed by atoms with Gasteiger partial charge in [0, 0.05) is 12.8 Å². The van der Waals surface area contributed by atoms with Crippen LogP contribution in [0.15, 0.2) is 85.1 Å². The Morgan fingerprint density at radius 2 is 0.731 bits per heavy atom. The summed E-state index contributed by atoms with van der Waals surface area (Å²) >= 11 is 0. The minimum Gasteiger partial charge on any atom is -0.756 e. The zero-order valence-electron chi connectivity index (χ0n) is 51.3. The number of hydrogen-bond acceptors (Lipinski definition) is 8. The number of phosphoric acid groups is 1. The van der Waals surface area contributed by atoms with E-state index in [9.17, 15) is 19.0 Å². The van der Waals surface area contributed by atoms with Crippen molar-refractivity contribution in [3.05, 3.63) is 85.1 Å². The summed E-state index contributed by atoms with van der Waals surface area (Å²) in [6.45, 7) is 4.06. The van der Waals surface area contributed by atoms with Gasteiger partial charge in [-0.2, -0.15) is 0 Å². The van der Waals surface area contributed by atoms with Crippen LogP contribution < -0.4 is 4.89 Å². The van der Waals surface area contributed by atoms with Crippen LogP contribution in [0.25, 0.3) is 0 Å². The number of unbranched alkanes of at least 4 members (excludes halogenated alkanes) is 31. The fourth-order valence-electron chi connectivity index (χ4n) is 8.96. The molecule has 0 aromatic heterocycles. The lowest BCUT2D eigenvalue weighted by atomic mass is 10.0. The van der Waals surface area contributed by atoms with Crippen molar-refractivity contribution in [1.29, 1.82) is 0 Å². The Labute approximate surface area is 481 Å². The van der Waals surface area contributed by atoms with E-state index >= 15 is 0 Å². The van der Waals surface area contributed by atoms with Gasteiger partial charge in [-0.3, -0.25) is 14.2 Å². The number of likely N-dealkylation sites (N-methyl/N-ethyl adjacent to an activating group) is 1. The summed E-state index contributed by atoms with van der Waals surface area (Å²) in [6, 6.07) is 0. The van der Waals surface area contributed by atoms with E-state index in [1.165, 1.54) is 148 Å². The van der Waals surface area contributed by atoms with E-state index in [-0.39, 0.29) is 26.1 Å². The van der Waals surface area contributed by atoms with Crippen molar-refractivity contribution in [3.63, 3.8) is 0 Å². The largest absolute Gasteiger partial charge is 0.756 e. The maximum absolute atomic E-state index is 12.8. The van der Waals surface area contributed by atoms with Gasteiger partial charge in [-0.25, -0.2) is 0 Å². The standard InChI is InChI=1S/C68H122NO8P/c1-6-8-10-12-14-16-18-20-21-22-23-24-25-26-27-28-29-30-31-32-33-34-35-36-37-38-39-40-41-42-43-44-45-46-47-49-51-53-55-57-59-61-68(71)77-66(65-76-78(72,73)75-63-62-69(3,4)5)64-74-67(70)60-58-56-54-52-50-48-19-17-15-13-11-9-7-2/h8,10-11,13-14,16-17,19-21,23-24,26-27,66H,6-7,9,12,15,18,22,25,28-65H2,1-5H3/b10-8-,13-11-,16-14-,19-17-,21-20-,24-23-,27-26-. The van der Waals surface area contributed by atoms with E-state index in [2.05, 4.69) is 98.9 Å². The van der Waals surface area contributed by atoms with Gasteiger partial charge in [0.05, 0.1) is 27.7 Å². The van der Waals surface area contributed by atoms with Crippen molar-refractivity contribution in [2.75, 3.05) is 47.5 Å². The molecule has 0 rings (SSSR count). The molecule has 0 fully saturated rings. The van der Waals surface area contributed by atoms with Crippen molar-refractivity contribution < 1.29 is 42.1 Å². The molecule has 10 heteroatoms. The Morgan fingerprint density at radius 1 is 0.410 bits per heavy atom. The van der Waals surface area contributed by atoms with Gasteiger partial charge in [-0.15, -0.1) is 0 Å². The number of nitrogens with zero attached hydrogens (tertiary/aromatic N) is 1. The molecule has 0 bridgehead atoms. The van der Waals surface area contributed by atoms with E-state index in [4.69, 9.17) is 18.5 Å². The summed E-state index contributed by atoms with van der Waals surface area (Å²) in [5.74, 6) is -0.843. The predicted molar refractivity (Wildman–Crippen MR) is 332 cm³/mol. The number of carbonyl (C=O) groups is 2. The number of phosphoric ester groups is 1. The molecule has 0 saturated carbocycles. The van der Waals surface area contributed by atoms with Crippen LogP contribution in [-0.2, 0) is 32.7 Å². The molecule has 78 heavy (non-hydrogen) atoms. The number of ether oxygens (including phenoxy) is 2. The first kappa shape index (κ1) is 75.2. The Morgan fingerprint density at radius 3 is 1.09 bits per heavy atom. The molecule has 0 N–H and O–H groups in total. The van der Waals surface area contributed by atoms with Gasteiger partial charge < -0.3 is 27.9 Å². The first-order chi connectivity index (χ1) is 38.0. The van der Waals surface area contributed by atoms with Gasteiger partial charge >= 0.3 is 11.9 Å². The monoisotopic (exact) mass is 1110 g/mol. The van der Waals surface area contributed by atoms with Crippen LogP contribution in [0.1, 0.15) is 284 Å². The van der Waals surface area contributed by atoms with Gasteiger partial charge in [0.15, 0.2) is 6.10 Å². The van der Waals surface area contributed by atoms with Crippen LogP contribution in [0.2, 0.25) is 0 Å². The summed E-state index contributed by atoms with van der Waals surface area (Å²) in [5, 5.41) is 0. The number of quaternary nitrogens is 1. The van der Waals surface area contributed by atoms with Crippen molar-refractivity contribution in [3.8, 4) is 0 Å². The molecule has 9 nitrogen and oxygen atoms in total. The normalized spacial score (nSPS) is 13.8. The highest BCUT2D eigenvalue weighted by Crippen LogP contribution is 2.38. The van der Waals surface area contributed by atoms with Crippen molar-refractivity contribution in [2.45, 2.75) is 290 Å². The third-order valence-electron chi connectivity index (χ3n) is 13.9. The Kier molecular flexibility index (Phi) is 56.7. The SMILES string of the molecule is CC/C=C\C/C=C\C/C=C\C/C=C\C/C=C\CCCCCCCCCCCCCCCCCCCCCCCCCCCC(=O)OC(COC(=O)CCCCCCC/C=C\C/C=C\CCC)COP(=O)([O-])OCC[N+](C)(C)C. The van der Waals surface area contributed by atoms with Crippen LogP contribution in [-0.4, -0.2) is 70.0 Å². The molecule has 0 aliphatic heterocycles. The van der Waals surface area contributed by atoms with Gasteiger partial charge in [-0.05, 0) is 83.5 Å². The number of rotatable bonds is 59. The molecule has 452 valence electrons. The highest BCUT2D eigenvalue weighted by Gasteiger charge is 2.22. The zero-order chi connectivity index (χ0) is 57.0. The number of hydrogen-bond donors (Lipinski definition) is 0. The second kappa shape index (κ2) is 58.8. The van der Waals surface area contributed by atoms with Crippen LogP contribution in [0.3, 0.4) is 0 Å². The third-order valence-corrected chi connectivity index (χ3v) is 14.8. The summed E-state index contributed by atoms with van der Waals surface area (Å²) < 4.78 is 34.1. The summed E-state index contributed by atoms with van der Waals surface area (Å²) in [5.41, 5.74) is 0. The Balaban J connectivity index is 3.87. The van der Waals surface area contributed by atoms with E-state index in [0.29, 0.717) is 23.9 Å². The summed E-state index contributed by atoms with van der Waals surface area (Å²) in [6.07, 6.45) is 79.7. The summed E-state index contributed by atoms with van der Waals surface area (Å²) in [4.78, 5) is 37.8. The molecule has 0 radical (unpaired) electrons. The first-order valence-electron chi connectivity index (χ1n) is 32.3. The van der Waals surface area contributed by atoms with Crippen LogP contribution in [0, 0.1) is 0 Å². The lowest BCUT2D eigenvalue weighted by Crippen LogP contribution is -2.37. The van der Waals surface area contributed by atoms with E-state index in [1.54, 1.807) is 0 Å². The van der Waals surface area contributed by atoms with Gasteiger partial charge in [0.25, 0.3) is 7.82 Å². The minimum absolute atomic E-state index is 0.0337. The van der Waals surface area contributed by atoms with E-state index in [0.717, 1.165) is 96.3 Å². The molecular formula is C68H122NO8P. The minimum atomic E-state index is -4.64. The molecule has 0 aromatic carbocycles. The molecule has 0 amide bonds. The lowest BCUT2D eigenvalue weighted by molar-refractivity contribution is -0.870. The van der Waals surface area contributed by atoms with E-state index in [1.807, 2.05) is 21.1 Å². The van der Waals surface area contributed by atoms with E-state index < -0.39 is 32.5 Å². The lowest BCUT2D eigenvalue weighted by Gasteiger charge is -2.28. The maximum Gasteiger partial charge on any atom is 0.306 e.